The summed E-state index contributed by atoms with van der Waals surface area (Å²) in [7, 11) is 0. The minimum atomic E-state index is -0.394. The number of ether oxygens (including phenoxy) is 3. The minimum Gasteiger partial charge on any atom is -0.458 e. The van der Waals surface area contributed by atoms with Crippen LogP contribution in [-0.2, 0) is 0 Å². The normalized spacial score (nSPS) is 13.1. The molecule has 0 aliphatic carbocycles. The van der Waals surface area contributed by atoms with Gasteiger partial charge in [0.25, 0.3) is 20.1 Å². The summed E-state index contributed by atoms with van der Waals surface area (Å²) >= 11 is 0. The van der Waals surface area contributed by atoms with Gasteiger partial charge in [-0.2, -0.15) is 0 Å². The number of rotatable bonds is 12. The highest BCUT2D eigenvalue weighted by molar-refractivity contribution is 7.03. The van der Waals surface area contributed by atoms with Crippen molar-refractivity contribution < 1.29 is 14.2 Å². The molecular formula is C98H67B3N6O3. The Kier molecular flexibility index (Phi) is 14.5. The molecule has 6 aliphatic heterocycles. The number of aryl methyl sites for hydroxylation is 2. The molecule has 516 valence electrons. The van der Waals surface area contributed by atoms with Gasteiger partial charge in [0.2, 0.25) is 0 Å². The zero-order chi connectivity index (χ0) is 72.7. The third-order valence-electron chi connectivity index (χ3n) is 22.9. The first-order chi connectivity index (χ1) is 54.4. The number of fused-ring (bicyclic) bond motifs is 12. The van der Waals surface area contributed by atoms with Crippen molar-refractivity contribution in [3.63, 3.8) is 0 Å². The summed E-state index contributed by atoms with van der Waals surface area (Å²) in [6.45, 7) is 3.56. The van der Waals surface area contributed by atoms with Gasteiger partial charge in [-0.3, -0.25) is 0 Å². The third-order valence-corrected chi connectivity index (χ3v) is 22.9. The van der Waals surface area contributed by atoms with Crippen LogP contribution in [0.4, 0.5) is 102 Å². The van der Waals surface area contributed by atoms with E-state index in [1.807, 2.05) is 0 Å². The molecule has 0 bridgehead atoms. The van der Waals surface area contributed by atoms with E-state index in [9.17, 15) is 0 Å². The van der Waals surface area contributed by atoms with Crippen molar-refractivity contribution in [3.05, 3.63) is 381 Å². The summed E-state index contributed by atoms with van der Waals surface area (Å²) in [5.74, 6) is 4.60. The Hall–Kier alpha value is -14.1. The van der Waals surface area contributed by atoms with Crippen LogP contribution in [0.15, 0.2) is 370 Å². The van der Waals surface area contributed by atoms with Crippen LogP contribution in [0.5, 0.6) is 34.5 Å². The summed E-state index contributed by atoms with van der Waals surface area (Å²) in [4.78, 5) is 14.6. The van der Waals surface area contributed by atoms with Crippen LogP contribution in [0.3, 0.4) is 0 Å². The van der Waals surface area contributed by atoms with Crippen molar-refractivity contribution in [1.82, 2.24) is 0 Å². The number of hydrogen-bond donors (Lipinski definition) is 0. The number of hydrogen-bond acceptors (Lipinski definition) is 9. The fourth-order valence-corrected chi connectivity index (χ4v) is 18.3. The average Bonchev–Trinajstić information content (AvgIpc) is 0.687. The largest absolute Gasteiger partial charge is 0.458 e. The average molecular weight is 1410 g/mol. The molecule has 6 heterocycles. The van der Waals surface area contributed by atoms with Crippen molar-refractivity contribution in [2.75, 3.05) is 29.4 Å². The smallest absolute Gasteiger partial charge is 0.260 e. The molecule has 0 unspecified atom stereocenters. The third kappa shape index (κ3) is 9.92. The van der Waals surface area contributed by atoms with Gasteiger partial charge in [0.15, 0.2) is 0 Å². The van der Waals surface area contributed by atoms with Gasteiger partial charge < -0.3 is 43.6 Å². The monoisotopic (exact) mass is 1410 g/mol. The van der Waals surface area contributed by atoms with Gasteiger partial charge in [0.1, 0.15) is 34.5 Å². The van der Waals surface area contributed by atoms with E-state index in [4.69, 9.17) is 14.2 Å². The van der Waals surface area contributed by atoms with Crippen molar-refractivity contribution in [2.24, 2.45) is 0 Å². The molecule has 0 amide bonds. The summed E-state index contributed by atoms with van der Waals surface area (Å²) in [5.41, 5.74) is 30.9. The van der Waals surface area contributed by atoms with E-state index in [0.717, 1.165) is 181 Å². The molecule has 6 aliphatic rings. The van der Waals surface area contributed by atoms with Crippen LogP contribution < -0.4 is 92.8 Å². The number of para-hydroxylation sites is 11. The molecule has 0 atom stereocenters. The lowest BCUT2D eigenvalue weighted by atomic mass is 9.29. The van der Waals surface area contributed by atoms with Gasteiger partial charge in [-0.1, -0.05) is 212 Å². The van der Waals surface area contributed by atoms with Crippen molar-refractivity contribution in [2.45, 2.75) is 13.8 Å². The molecule has 0 saturated heterocycles. The maximum atomic E-state index is 7.88. The fraction of sp³-hybridized carbons (Fsp3) is 0.0204. The molecule has 16 aromatic carbocycles. The Morgan fingerprint density at radius 3 is 0.964 bits per heavy atom. The second-order valence-corrected chi connectivity index (χ2v) is 29.2. The van der Waals surface area contributed by atoms with Crippen LogP contribution in [0.25, 0.3) is 0 Å². The maximum Gasteiger partial charge on any atom is 0.260 e. The Morgan fingerprint density at radius 1 is 0.200 bits per heavy atom. The van der Waals surface area contributed by atoms with Gasteiger partial charge in [-0.05, 0) is 196 Å². The number of benzene rings is 16. The van der Waals surface area contributed by atoms with E-state index in [1.54, 1.807) is 0 Å². The Labute approximate surface area is 640 Å². The quantitative estimate of drug-likeness (QED) is 0.111. The van der Waals surface area contributed by atoms with Gasteiger partial charge in [0, 0.05) is 121 Å². The van der Waals surface area contributed by atoms with Crippen molar-refractivity contribution >= 4 is 172 Å². The van der Waals surface area contributed by atoms with E-state index in [0.29, 0.717) is 0 Å². The summed E-state index contributed by atoms with van der Waals surface area (Å²) in [6, 6.07) is 134. The highest BCUT2D eigenvalue weighted by Crippen LogP contribution is 2.53. The fourth-order valence-electron chi connectivity index (χ4n) is 18.3. The first-order valence-electron chi connectivity index (χ1n) is 37.8. The molecule has 110 heavy (non-hydrogen) atoms. The molecule has 0 aromatic heterocycles. The molecule has 12 heteroatoms. The Morgan fingerprint density at radius 2 is 0.518 bits per heavy atom. The zero-order valence-electron chi connectivity index (χ0n) is 60.4. The Bertz CT molecular complexity index is 6230. The Balaban J connectivity index is 0.822. The van der Waals surface area contributed by atoms with E-state index < -0.39 is 6.71 Å². The molecule has 0 fully saturated rings. The molecule has 0 radical (unpaired) electrons. The SMILES string of the molecule is Cc1ccccc1N1c2cc3c(cc2B2c4ccccc4Oc4cc(N(c5ccccc5)c5ccccc5)cc1c42)B1c2cc4c(cc2Oc2cc(N(c5ccccc5)c5ccccc5)cc(c21)O3)N(c1ccccc1C)c1cc(N(c2ccccc2)c2ccccc2)cc2c1B4c1ccccc1N2c1ccccc1. The predicted octanol–water partition coefficient (Wildman–Crippen LogP) is 19.9. The van der Waals surface area contributed by atoms with Gasteiger partial charge in [-0.25, -0.2) is 0 Å². The van der Waals surface area contributed by atoms with E-state index >= 15 is 0 Å². The topological polar surface area (TPSA) is 47.1 Å². The van der Waals surface area contributed by atoms with Gasteiger partial charge >= 0.3 is 0 Å². The van der Waals surface area contributed by atoms with Crippen molar-refractivity contribution in [1.29, 1.82) is 0 Å². The van der Waals surface area contributed by atoms with Gasteiger partial charge in [-0.15, -0.1) is 0 Å². The minimum absolute atomic E-state index is 0.245. The number of nitrogens with zero attached hydrogens (tertiary/aromatic N) is 6. The van der Waals surface area contributed by atoms with E-state index in [1.165, 1.54) is 16.4 Å². The second kappa shape index (κ2) is 25.3. The van der Waals surface area contributed by atoms with Crippen LogP contribution in [0, 0.1) is 13.8 Å². The standard InChI is InChI=1S/C98H67B3N6O3/c1-64-32-24-28-50-82(64)106-85-62-91-80(60-78(85)99-76-48-26-30-52-84(76)105(72-46-22-9-23-47-72)87-54-73(55-88(106)96(87)99)102(66-34-10-3-11-35-66)67-36-12-4-13-37-67)101-81-61-79-86(63-92(81)110-95-59-75(58-94(109-91)98(95)101)104(70-42-18-7-19-43-70)71-44-20-8-21-45-71)107(83-51-29-25-33-65(83)2)89-56-74(57-93-97(89)100(79)77-49-27-31-53-90(77)108-93)103(68-38-14-5-15-39-68)69-40-16-6-17-41-69/h3-63H,1-2H3. The summed E-state index contributed by atoms with van der Waals surface area (Å²) in [5, 5.41) is 0. The molecule has 0 spiro atoms. The maximum absolute atomic E-state index is 7.88. The lowest BCUT2D eigenvalue weighted by Crippen LogP contribution is -2.65. The molecule has 0 N–H and O–H groups in total. The summed E-state index contributed by atoms with van der Waals surface area (Å²) < 4.78 is 23.1. The lowest BCUT2D eigenvalue weighted by Gasteiger charge is -2.46. The van der Waals surface area contributed by atoms with Crippen LogP contribution in [0.1, 0.15) is 11.1 Å². The first-order valence-corrected chi connectivity index (χ1v) is 37.8. The molecule has 22 rings (SSSR count). The van der Waals surface area contributed by atoms with Crippen LogP contribution >= 0.6 is 0 Å². The van der Waals surface area contributed by atoms with Gasteiger partial charge in [0.05, 0.1) is 17.1 Å². The van der Waals surface area contributed by atoms with Crippen LogP contribution in [-0.4, -0.2) is 20.1 Å². The number of anilines is 18. The van der Waals surface area contributed by atoms with Crippen LogP contribution in [0.2, 0.25) is 0 Å². The van der Waals surface area contributed by atoms with E-state index in [-0.39, 0.29) is 13.4 Å². The zero-order valence-corrected chi connectivity index (χ0v) is 60.4. The second-order valence-electron chi connectivity index (χ2n) is 29.2. The summed E-state index contributed by atoms with van der Waals surface area (Å²) in [6.07, 6.45) is 0. The molecule has 0 saturated carbocycles. The lowest BCUT2D eigenvalue weighted by molar-refractivity contribution is 0.465. The molecular weight excluding hydrogens is 1340 g/mol. The molecule has 16 aromatic rings. The first kappa shape index (κ1) is 63.2. The van der Waals surface area contributed by atoms with E-state index in [2.05, 4.69) is 413 Å². The molecule has 9 nitrogen and oxygen atoms in total. The highest BCUT2D eigenvalue weighted by Gasteiger charge is 2.50. The highest BCUT2D eigenvalue weighted by atomic mass is 16.5. The van der Waals surface area contributed by atoms with Crippen molar-refractivity contribution in [3.8, 4) is 34.5 Å². The predicted molar refractivity (Wildman–Crippen MR) is 458 cm³/mol.